The lowest BCUT2D eigenvalue weighted by molar-refractivity contribution is -0.114. The Kier molecular flexibility index (Phi) is 5.58. The van der Waals surface area contributed by atoms with Crippen LogP contribution in [0.25, 0.3) is 0 Å². The second kappa shape index (κ2) is 7.46. The maximum Gasteiger partial charge on any atom is 0.240 e. The van der Waals surface area contributed by atoms with Gasteiger partial charge in [-0.1, -0.05) is 0 Å². The second-order valence-electron chi connectivity index (χ2n) is 5.56. The smallest absolute Gasteiger partial charge is 0.240 e. The molecule has 128 valence electrons. The zero-order valence-corrected chi connectivity index (χ0v) is 14.6. The summed E-state index contributed by atoms with van der Waals surface area (Å²) < 4.78 is 32.3. The highest BCUT2D eigenvalue weighted by Crippen LogP contribution is 2.24. The summed E-state index contributed by atoms with van der Waals surface area (Å²) in [6.07, 6.45) is 0. The molecular weight excluding hydrogens is 328 g/mol. The van der Waals surface area contributed by atoms with Crippen molar-refractivity contribution in [1.82, 2.24) is 4.72 Å². The Morgan fingerprint density at radius 3 is 1.92 bits per heavy atom. The lowest BCUT2D eigenvalue weighted by atomic mass is 10.3. The summed E-state index contributed by atoms with van der Waals surface area (Å²) in [5.74, 6) is 0.960. The van der Waals surface area contributed by atoms with Gasteiger partial charge in [0.15, 0.2) is 0 Å². The van der Waals surface area contributed by atoms with Gasteiger partial charge in [0.05, 0.1) is 4.90 Å². The van der Waals surface area contributed by atoms with Crippen LogP contribution < -0.4 is 14.8 Å². The van der Waals surface area contributed by atoms with E-state index in [1.165, 1.54) is 19.1 Å². The summed E-state index contributed by atoms with van der Waals surface area (Å²) in [5.41, 5.74) is 0.677. The Labute approximate surface area is 141 Å². The summed E-state index contributed by atoms with van der Waals surface area (Å²) in [5, 5.41) is 2.67. The first kappa shape index (κ1) is 18.0. The van der Waals surface area contributed by atoms with Crippen LogP contribution in [-0.4, -0.2) is 20.4 Å². The highest BCUT2D eigenvalue weighted by Gasteiger charge is 2.15. The van der Waals surface area contributed by atoms with Gasteiger partial charge >= 0.3 is 0 Å². The van der Waals surface area contributed by atoms with Crippen molar-refractivity contribution in [2.75, 3.05) is 5.32 Å². The van der Waals surface area contributed by atoms with Crippen molar-refractivity contribution in [2.24, 2.45) is 0 Å². The summed E-state index contributed by atoms with van der Waals surface area (Å²) >= 11 is 0. The van der Waals surface area contributed by atoms with Gasteiger partial charge in [0, 0.05) is 18.7 Å². The van der Waals surface area contributed by atoms with Crippen molar-refractivity contribution >= 4 is 21.6 Å². The van der Waals surface area contributed by atoms with Gasteiger partial charge in [-0.3, -0.25) is 4.79 Å². The van der Waals surface area contributed by atoms with Crippen LogP contribution in [0.2, 0.25) is 0 Å². The standard InChI is InChI=1S/C17H20N2O4S/c1-12(2)19-24(21,22)17-10-8-16(9-11-17)23-15-6-4-14(5-7-15)18-13(3)20/h4-12,19H,1-3H3,(H,18,20). The summed E-state index contributed by atoms with van der Waals surface area (Å²) in [4.78, 5) is 11.2. The molecular formula is C17H20N2O4S. The average Bonchev–Trinajstić information content (AvgIpc) is 2.48. The Morgan fingerprint density at radius 1 is 0.958 bits per heavy atom. The Hall–Kier alpha value is -2.38. The number of anilines is 1. The number of carbonyl (C=O) groups is 1. The Morgan fingerprint density at radius 2 is 1.46 bits per heavy atom. The molecule has 0 aliphatic rings. The molecule has 0 saturated carbocycles. The van der Waals surface area contributed by atoms with Crippen LogP contribution in [0.5, 0.6) is 11.5 Å². The lowest BCUT2D eigenvalue weighted by Gasteiger charge is -2.11. The van der Waals surface area contributed by atoms with Gasteiger partial charge in [-0.05, 0) is 62.4 Å². The summed E-state index contributed by atoms with van der Waals surface area (Å²) in [6, 6.07) is 12.9. The molecule has 0 fully saturated rings. The van der Waals surface area contributed by atoms with Crippen molar-refractivity contribution in [3.8, 4) is 11.5 Å². The minimum Gasteiger partial charge on any atom is -0.457 e. The van der Waals surface area contributed by atoms with Crippen LogP contribution in [0.4, 0.5) is 5.69 Å². The topological polar surface area (TPSA) is 84.5 Å². The molecule has 0 aromatic heterocycles. The van der Waals surface area contributed by atoms with E-state index in [1.807, 2.05) is 0 Å². The number of nitrogens with one attached hydrogen (secondary N) is 2. The molecule has 2 aromatic carbocycles. The van der Waals surface area contributed by atoms with E-state index in [2.05, 4.69) is 10.0 Å². The molecule has 7 heteroatoms. The lowest BCUT2D eigenvalue weighted by Crippen LogP contribution is -2.30. The first-order valence-electron chi connectivity index (χ1n) is 7.44. The Balaban J connectivity index is 2.07. The number of amides is 1. The predicted molar refractivity (Wildman–Crippen MR) is 92.7 cm³/mol. The largest absolute Gasteiger partial charge is 0.457 e. The second-order valence-corrected chi connectivity index (χ2v) is 7.27. The monoisotopic (exact) mass is 348 g/mol. The van der Waals surface area contributed by atoms with Gasteiger partial charge in [-0.25, -0.2) is 13.1 Å². The third-order valence-corrected chi connectivity index (χ3v) is 4.61. The van der Waals surface area contributed by atoms with E-state index < -0.39 is 10.0 Å². The van der Waals surface area contributed by atoms with Crippen molar-refractivity contribution in [1.29, 1.82) is 0 Å². The summed E-state index contributed by atoms with van der Waals surface area (Å²) in [6.45, 7) is 4.97. The molecule has 0 spiro atoms. The molecule has 2 aromatic rings. The van der Waals surface area contributed by atoms with Gasteiger partial charge in [-0.2, -0.15) is 0 Å². The van der Waals surface area contributed by atoms with Gasteiger partial charge < -0.3 is 10.1 Å². The van der Waals surface area contributed by atoms with Crippen LogP contribution in [-0.2, 0) is 14.8 Å². The van der Waals surface area contributed by atoms with Crippen molar-refractivity contribution in [3.05, 3.63) is 48.5 Å². The molecule has 2 N–H and O–H groups in total. The van der Waals surface area contributed by atoms with E-state index in [9.17, 15) is 13.2 Å². The molecule has 0 unspecified atom stereocenters. The fourth-order valence-electron chi connectivity index (χ4n) is 2.01. The average molecular weight is 348 g/mol. The normalized spacial score (nSPS) is 11.3. The van der Waals surface area contributed by atoms with Crippen LogP contribution in [0.15, 0.2) is 53.4 Å². The molecule has 24 heavy (non-hydrogen) atoms. The highest BCUT2D eigenvalue weighted by molar-refractivity contribution is 7.89. The van der Waals surface area contributed by atoms with Crippen molar-refractivity contribution in [3.63, 3.8) is 0 Å². The molecule has 2 rings (SSSR count). The first-order valence-corrected chi connectivity index (χ1v) is 8.92. The Bertz CT molecular complexity index is 797. The zero-order valence-electron chi connectivity index (χ0n) is 13.7. The number of hydrogen-bond acceptors (Lipinski definition) is 4. The number of rotatable bonds is 6. The number of benzene rings is 2. The fourth-order valence-corrected chi connectivity index (χ4v) is 3.26. The summed E-state index contributed by atoms with van der Waals surface area (Å²) in [7, 11) is -3.51. The van der Waals surface area contributed by atoms with E-state index >= 15 is 0 Å². The van der Waals surface area contributed by atoms with Crippen LogP contribution in [0.1, 0.15) is 20.8 Å². The maximum atomic E-state index is 12.1. The van der Waals surface area contributed by atoms with E-state index in [4.69, 9.17) is 4.74 Å². The number of sulfonamides is 1. The predicted octanol–water partition coefficient (Wildman–Crippen LogP) is 3.12. The number of ether oxygens (including phenoxy) is 1. The molecule has 6 nitrogen and oxygen atoms in total. The number of hydrogen-bond donors (Lipinski definition) is 2. The molecule has 0 aliphatic carbocycles. The minimum atomic E-state index is -3.51. The molecule has 0 radical (unpaired) electrons. The molecule has 0 atom stereocenters. The molecule has 0 bridgehead atoms. The van der Waals surface area contributed by atoms with E-state index in [0.29, 0.717) is 17.2 Å². The van der Waals surface area contributed by atoms with Gasteiger partial charge in [-0.15, -0.1) is 0 Å². The molecule has 0 aliphatic heterocycles. The van der Waals surface area contributed by atoms with Gasteiger partial charge in [0.2, 0.25) is 15.9 Å². The van der Waals surface area contributed by atoms with Gasteiger partial charge in [0.25, 0.3) is 0 Å². The van der Waals surface area contributed by atoms with Crippen LogP contribution in [0.3, 0.4) is 0 Å². The molecule has 0 saturated heterocycles. The van der Waals surface area contributed by atoms with Crippen molar-refractivity contribution < 1.29 is 17.9 Å². The van der Waals surface area contributed by atoms with Crippen LogP contribution >= 0.6 is 0 Å². The molecule has 0 heterocycles. The SMILES string of the molecule is CC(=O)Nc1ccc(Oc2ccc(S(=O)(=O)NC(C)C)cc2)cc1. The third kappa shape index (κ3) is 5.07. The van der Waals surface area contributed by atoms with E-state index in [1.54, 1.807) is 50.2 Å². The minimum absolute atomic E-state index is 0.143. The molecule has 1 amide bonds. The van der Waals surface area contributed by atoms with Crippen LogP contribution in [0, 0.1) is 0 Å². The van der Waals surface area contributed by atoms with E-state index in [-0.39, 0.29) is 16.8 Å². The highest BCUT2D eigenvalue weighted by atomic mass is 32.2. The quantitative estimate of drug-likeness (QED) is 0.840. The third-order valence-electron chi connectivity index (χ3n) is 2.94. The maximum absolute atomic E-state index is 12.1. The zero-order chi connectivity index (χ0) is 17.7. The fraction of sp³-hybridized carbons (Fsp3) is 0.235. The van der Waals surface area contributed by atoms with Gasteiger partial charge in [0.1, 0.15) is 11.5 Å². The number of carbonyl (C=O) groups excluding carboxylic acids is 1. The van der Waals surface area contributed by atoms with E-state index in [0.717, 1.165) is 0 Å². The first-order chi connectivity index (χ1) is 11.3. The van der Waals surface area contributed by atoms with Crippen molar-refractivity contribution in [2.45, 2.75) is 31.7 Å².